The smallest absolute Gasteiger partial charge is 0.344 e. The Labute approximate surface area is 160 Å². The van der Waals surface area contributed by atoms with Crippen LogP contribution in [0.3, 0.4) is 0 Å². The summed E-state index contributed by atoms with van der Waals surface area (Å²) in [6.07, 6.45) is 2.32. The Hall–Kier alpha value is -2.39. The van der Waals surface area contributed by atoms with E-state index in [0.717, 1.165) is 12.8 Å². The van der Waals surface area contributed by atoms with Gasteiger partial charge in [0.1, 0.15) is 0 Å². The lowest BCUT2D eigenvalue weighted by molar-refractivity contribution is -0.115. The molecule has 8 nitrogen and oxygen atoms in total. The molecule has 1 atom stereocenters. The van der Waals surface area contributed by atoms with Gasteiger partial charge in [-0.25, -0.2) is 9.89 Å². The van der Waals surface area contributed by atoms with Crippen molar-refractivity contribution in [1.29, 1.82) is 0 Å². The molecule has 0 aliphatic carbocycles. The first-order valence-electron chi connectivity index (χ1n) is 8.89. The Morgan fingerprint density at radius 3 is 2.81 bits per heavy atom. The molecule has 9 heteroatoms. The fourth-order valence-electron chi connectivity index (χ4n) is 2.77. The summed E-state index contributed by atoms with van der Waals surface area (Å²) in [6.45, 7) is 2.93. The van der Waals surface area contributed by atoms with Crippen LogP contribution in [0.5, 0.6) is 0 Å². The van der Waals surface area contributed by atoms with E-state index in [-0.39, 0.29) is 29.2 Å². The maximum Gasteiger partial charge on any atom is 0.344 e. The first-order chi connectivity index (χ1) is 13.1. The van der Waals surface area contributed by atoms with Crippen molar-refractivity contribution in [2.24, 2.45) is 0 Å². The van der Waals surface area contributed by atoms with E-state index in [4.69, 9.17) is 4.74 Å². The number of rotatable bonds is 8. The first-order valence-corrected chi connectivity index (χ1v) is 9.88. The number of benzene rings is 1. The molecule has 1 aliphatic rings. The highest BCUT2D eigenvalue weighted by Gasteiger charge is 2.20. The van der Waals surface area contributed by atoms with Crippen molar-refractivity contribution >= 4 is 29.1 Å². The molecular weight excluding hydrogens is 368 g/mol. The van der Waals surface area contributed by atoms with Crippen molar-refractivity contribution in [2.75, 3.05) is 17.7 Å². The predicted octanol–water partition coefficient (Wildman–Crippen LogP) is 2.07. The fraction of sp³-hybridized carbons (Fsp3) is 0.444. The van der Waals surface area contributed by atoms with Crippen molar-refractivity contribution in [3.63, 3.8) is 0 Å². The van der Waals surface area contributed by atoms with E-state index in [0.29, 0.717) is 36.0 Å². The summed E-state index contributed by atoms with van der Waals surface area (Å²) in [5, 5.41) is 9.67. The standard InChI is InChI=1S/C18H22N4O4S/c1-2-16(24)19-13-7-5-12(6-8-13)15(23)11-27-18-21-20-17(25)22(18)10-14-4-3-9-26-14/h5-8,14H,2-4,9-11H2,1H3,(H,19,24)(H,20,25)/t14-/m0/s1. The lowest BCUT2D eigenvalue weighted by atomic mass is 10.1. The number of nitrogens with zero attached hydrogens (tertiary/aromatic N) is 2. The maximum absolute atomic E-state index is 12.4. The number of ketones is 1. The number of nitrogens with one attached hydrogen (secondary N) is 2. The van der Waals surface area contributed by atoms with Crippen LogP contribution in [-0.4, -0.2) is 44.9 Å². The monoisotopic (exact) mass is 390 g/mol. The van der Waals surface area contributed by atoms with Crippen LogP contribution in [0.2, 0.25) is 0 Å². The number of ether oxygens (including phenoxy) is 1. The summed E-state index contributed by atoms with van der Waals surface area (Å²) in [5.41, 5.74) is 0.904. The third kappa shape index (κ3) is 5.08. The lowest BCUT2D eigenvalue weighted by Gasteiger charge is -2.10. The third-order valence-electron chi connectivity index (χ3n) is 4.28. The predicted molar refractivity (Wildman–Crippen MR) is 102 cm³/mol. The van der Waals surface area contributed by atoms with Gasteiger partial charge in [0.05, 0.1) is 18.4 Å². The van der Waals surface area contributed by atoms with Gasteiger partial charge < -0.3 is 10.1 Å². The second-order valence-corrected chi connectivity index (χ2v) is 7.19. The molecule has 2 heterocycles. The summed E-state index contributed by atoms with van der Waals surface area (Å²) in [6, 6.07) is 6.76. The van der Waals surface area contributed by atoms with E-state index in [9.17, 15) is 14.4 Å². The molecule has 27 heavy (non-hydrogen) atoms. The van der Waals surface area contributed by atoms with Gasteiger partial charge in [0.2, 0.25) is 5.91 Å². The van der Waals surface area contributed by atoms with Crippen LogP contribution in [0.25, 0.3) is 0 Å². The Kier molecular flexibility index (Phi) is 6.46. The largest absolute Gasteiger partial charge is 0.376 e. The zero-order valence-corrected chi connectivity index (χ0v) is 15.9. The minimum atomic E-state index is -0.295. The van der Waals surface area contributed by atoms with Crippen LogP contribution in [0.15, 0.2) is 34.2 Å². The molecule has 0 unspecified atom stereocenters. The number of aromatic amines is 1. The second-order valence-electron chi connectivity index (χ2n) is 6.25. The summed E-state index contributed by atoms with van der Waals surface area (Å²) >= 11 is 1.22. The third-order valence-corrected chi connectivity index (χ3v) is 5.25. The van der Waals surface area contributed by atoms with Gasteiger partial charge in [-0.1, -0.05) is 18.7 Å². The Morgan fingerprint density at radius 2 is 2.15 bits per heavy atom. The lowest BCUT2D eigenvalue weighted by Crippen LogP contribution is -2.25. The molecule has 2 aromatic rings. The van der Waals surface area contributed by atoms with Gasteiger partial charge in [0.25, 0.3) is 0 Å². The number of hydrogen-bond donors (Lipinski definition) is 2. The zero-order valence-electron chi connectivity index (χ0n) is 15.1. The van der Waals surface area contributed by atoms with Crippen molar-refractivity contribution in [3.8, 4) is 0 Å². The summed E-state index contributed by atoms with van der Waals surface area (Å²) in [4.78, 5) is 35.8. The molecule has 0 radical (unpaired) electrons. The fourth-order valence-corrected chi connectivity index (χ4v) is 3.62. The minimum absolute atomic E-state index is 0.0150. The molecule has 1 saturated heterocycles. The normalized spacial score (nSPS) is 16.4. The first kappa shape index (κ1) is 19.4. The number of aromatic nitrogens is 3. The van der Waals surface area contributed by atoms with E-state index < -0.39 is 0 Å². The van der Waals surface area contributed by atoms with Crippen molar-refractivity contribution < 1.29 is 14.3 Å². The Morgan fingerprint density at radius 1 is 1.37 bits per heavy atom. The Balaban J connectivity index is 1.59. The van der Waals surface area contributed by atoms with E-state index in [1.165, 1.54) is 16.3 Å². The molecule has 0 saturated carbocycles. The SMILES string of the molecule is CCC(=O)Nc1ccc(C(=O)CSc2n[nH]c(=O)n2C[C@@H]2CCCO2)cc1. The summed E-state index contributed by atoms with van der Waals surface area (Å²) < 4.78 is 7.10. The zero-order chi connectivity index (χ0) is 19.2. The molecular formula is C18H22N4O4S. The minimum Gasteiger partial charge on any atom is -0.376 e. The second kappa shape index (κ2) is 9.01. The molecule has 144 valence electrons. The number of hydrogen-bond acceptors (Lipinski definition) is 6. The van der Waals surface area contributed by atoms with Crippen molar-refractivity contribution in [1.82, 2.24) is 14.8 Å². The van der Waals surface area contributed by atoms with E-state index in [2.05, 4.69) is 15.5 Å². The maximum atomic E-state index is 12.4. The van der Waals surface area contributed by atoms with Gasteiger partial charge in [-0.05, 0) is 37.1 Å². The average Bonchev–Trinajstić information content (AvgIpc) is 3.31. The molecule has 1 amide bonds. The van der Waals surface area contributed by atoms with E-state index in [1.807, 2.05) is 0 Å². The molecule has 3 rings (SSSR count). The highest BCUT2D eigenvalue weighted by atomic mass is 32.2. The molecule has 2 N–H and O–H groups in total. The summed E-state index contributed by atoms with van der Waals surface area (Å²) in [7, 11) is 0. The number of amides is 1. The Bertz CT molecular complexity index is 853. The van der Waals surface area contributed by atoms with E-state index >= 15 is 0 Å². The van der Waals surface area contributed by atoms with Crippen LogP contribution < -0.4 is 11.0 Å². The highest BCUT2D eigenvalue weighted by Crippen LogP contribution is 2.19. The number of thioether (sulfide) groups is 1. The van der Waals surface area contributed by atoms with Crippen LogP contribution in [-0.2, 0) is 16.1 Å². The van der Waals surface area contributed by atoms with Gasteiger partial charge in [0.15, 0.2) is 10.9 Å². The summed E-state index contributed by atoms with van der Waals surface area (Å²) in [5.74, 6) is 0.0103. The molecule has 0 bridgehead atoms. The van der Waals surface area contributed by atoms with Crippen LogP contribution in [0.4, 0.5) is 5.69 Å². The highest BCUT2D eigenvalue weighted by molar-refractivity contribution is 7.99. The average molecular weight is 390 g/mol. The van der Waals surface area contributed by atoms with Gasteiger partial charge in [-0.2, -0.15) is 0 Å². The number of carbonyl (C=O) groups excluding carboxylic acids is 2. The number of H-pyrrole nitrogens is 1. The molecule has 1 aliphatic heterocycles. The molecule has 1 aromatic carbocycles. The molecule has 0 spiro atoms. The topological polar surface area (TPSA) is 106 Å². The molecule has 1 fully saturated rings. The van der Waals surface area contributed by atoms with Gasteiger partial charge in [-0.15, -0.1) is 5.10 Å². The quantitative estimate of drug-likeness (QED) is 0.528. The van der Waals surface area contributed by atoms with Gasteiger partial charge in [0, 0.05) is 24.3 Å². The van der Waals surface area contributed by atoms with Gasteiger partial charge >= 0.3 is 5.69 Å². The van der Waals surface area contributed by atoms with E-state index in [1.54, 1.807) is 31.2 Å². The van der Waals surface area contributed by atoms with Crippen molar-refractivity contribution in [2.45, 2.75) is 44.0 Å². The van der Waals surface area contributed by atoms with Crippen molar-refractivity contribution in [3.05, 3.63) is 40.3 Å². The molecule has 1 aromatic heterocycles. The number of Topliss-reactive ketones (excluding diaryl/α,β-unsaturated/α-hetero) is 1. The number of carbonyl (C=O) groups is 2. The van der Waals surface area contributed by atoms with Crippen LogP contribution >= 0.6 is 11.8 Å². The number of anilines is 1. The van der Waals surface area contributed by atoms with Gasteiger partial charge in [-0.3, -0.25) is 14.2 Å². The van der Waals surface area contributed by atoms with Crippen LogP contribution in [0.1, 0.15) is 36.5 Å². The van der Waals surface area contributed by atoms with Crippen LogP contribution in [0, 0.1) is 0 Å².